The number of imide groups is 1. The predicted octanol–water partition coefficient (Wildman–Crippen LogP) is 5.16. The van der Waals surface area contributed by atoms with Crippen molar-refractivity contribution in [3.8, 4) is 5.75 Å². The quantitative estimate of drug-likeness (QED) is 0.356. The van der Waals surface area contributed by atoms with Crippen LogP contribution in [0.1, 0.15) is 22.6 Å². The van der Waals surface area contributed by atoms with Crippen LogP contribution >= 0.6 is 11.8 Å². The smallest absolute Gasteiger partial charge is 0.294 e. The number of aryl methyl sites for hydroxylation is 1. The number of nitro groups is 1. The minimum Gasteiger partial charge on any atom is -0.497 e. The number of hydrogen-bond donors (Lipinski definition) is 0. The highest BCUT2D eigenvalue weighted by Gasteiger charge is 2.60. The van der Waals surface area contributed by atoms with Crippen LogP contribution in [0.15, 0.2) is 78.9 Å². The maximum absolute atomic E-state index is 14.1. The van der Waals surface area contributed by atoms with Crippen LogP contribution in [0.25, 0.3) is 0 Å². The van der Waals surface area contributed by atoms with Crippen molar-refractivity contribution in [2.24, 2.45) is 0 Å². The van der Waals surface area contributed by atoms with Crippen molar-refractivity contribution in [2.45, 2.75) is 17.6 Å². The fourth-order valence-electron chi connectivity index (χ4n) is 4.22. The zero-order valence-corrected chi connectivity index (χ0v) is 19.0. The molecular weight excluding hydrogens is 440 g/mol. The number of methoxy groups -OCH3 is 1. The molecule has 0 radical (unpaired) electrons. The summed E-state index contributed by atoms with van der Waals surface area (Å²) in [7, 11) is 1.53. The molecule has 1 saturated heterocycles. The van der Waals surface area contributed by atoms with Crippen molar-refractivity contribution < 1.29 is 19.2 Å². The number of hydrogen-bond acceptors (Lipinski definition) is 6. The van der Waals surface area contributed by atoms with Gasteiger partial charge in [0.25, 0.3) is 11.1 Å². The molecule has 4 rings (SSSR count). The van der Waals surface area contributed by atoms with Gasteiger partial charge < -0.3 is 4.74 Å². The Labute approximate surface area is 195 Å². The Morgan fingerprint density at radius 3 is 2.33 bits per heavy atom. The number of thioether (sulfide) groups is 1. The summed E-state index contributed by atoms with van der Waals surface area (Å²) in [5, 5.41) is 11.3. The van der Waals surface area contributed by atoms with Crippen LogP contribution in [0.5, 0.6) is 5.75 Å². The third kappa shape index (κ3) is 4.09. The number of benzene rings is 3. The first-order valence-corrected chi connectivity index (χ1v) is 11.1. The van der Waals surface area contributed by atoms with Crippen LogP contribution in [-0.2, 0) is 9.54 Å². The largest absolute Gasteiger partial charge is 0.497 e. The summed E-state index contributed by atoms with van der Waals surface area (Å²) in [4.78, 5) is 39.9. The first-order valence-electron chi connectivity index (χ1n) is 10.3. The van der Waals surface area contributed by atoms with E-state index in [9.17, 15) is 19.7 Å². The molecule has 3 aromatic rings. The molecule has 2 atom stereocenters. The van der Waals surface area contributed by atoms with Gasteiger partial charge in [-0.2, -0.15) is 0 Å². The van der Waals surface area contributed by atoms with E-state index in [1.54, 1.807) is 60.7 Å². The van der Waals surface area contributed by atoms with E-state index in [0.29, 0.717) is 22.6 Å². The van der Waals surface area contributed by atoms with Crippen molar-refractivity contribution in [1.82, 2.24) is 0 Å². The van der Waals surface area contributed by atoms with Crippen molar-refractivity contribution in [2.75, 3.05) is 18.6 Å². The second-order valence-electron chi connectivity index (χ2n) is 7.79. The van der Waals surface area contributed by atoms with Gasteiger partial charge in [-0.1, -0.05) is 60.2 Å². The Balaban J connectivity index is 1.91. The third-order valence-corrected chi connectivity index (χ3v) is 7.13. The first kappa shape index (κ1) is 22.5. The third-order valence-electron chi connectivity index (χ3n) is 5.75. The van der Waals surface area contributed by atoms with Gasteiger partial charge in [-0.15, -0.1) is 0 Å². The zero-order chi connectivity index (χ0) is 23.6. The van der Waals surface area contributed by atoms with Gasteiger partial charge in [0.2, 0.25) is 6.54 Å². The molecule has 1 aliphatic heterocycles. The topological polar surface area (TPSA) is 89.8 Å². The summed E-state index contributed by atoms with van der Waals surface area (Å²) in [6.07, 6.45) is 0. The second kappa shape index (κ2) is 9.07. The average molecular weight is 463 g/mol. The van der Waals surface area contributed by atoms with E-state index < -0.39 is 33.3 Å². The van der Waals surface area contributed by atoms with Gasteiger partial charge in [-0.3, -0.25) is 19.7 Å². The minimum atomic E-state index is -1.49. The van der Waals surface area contributed by atoms with E-state index in [4.69, 9.17) is 4.74 Å². The van der Waals surface area contributed by atoms with Crippen molar-refractivity contribution in [3.63, 3.8) is 0 Å². The lowest BCUT2D eigenvalue weighted by Gasteiger charge is -2.33. The summed E-state index contributed by atoms with van der Waals surface area (Å²) >= 11 is 0.840. The Bertz CT molecular complexity index is 1200. The van der Waals surface area contributed by atoms with Gasteiger partial charge in [-0.05, 0) is 54.1 Å². The Morgan fingerprint density at radius 1 is 1.03 bits per heavy atom. The van der Waals surface area contributed by atoms with E-state index in [2.05, 4.69) is 0 Å². The van der Waals surface area contributed by atoms with Crippen molar-refractivity contribution in [3.05, 3.63) is 106 Å². The molecule has 1 fully saturated rings. The van der Waals surface area contributed by atoms with Gasteiger partial charge >= 0.3 is 0 Å². The number of anilines is 1. The molecule has 0 bridgehead atoms. The lowest BCUT2D eigenvalue weighted by molar-refractivity contribution is -0.484. The fourth-order valence-corrected chi connectivity index (χ4v) is 5.56. The number of ether oxygens (including phenoxy) is 1. The highest BCUT2D eigenvalue weighted by atomic mass is 32.2. The number of nitrogens with zero attached hydrogens (tertiary/aromatic N) is 2. The predicted molar refractivity (Wildman–Crippen MR) is 127 cm³/mol. The van der Waals surface area contributed by atoms with Gasteiger partial charge in [0, 0.05) is 4.92 Å². The normalized spacial score (nSPS) is 18.9. The van der Waals surface area contributed by atoms with Crippen LogP contribution in [0, 0.1) is 17.0 Å². The maximum Gasteiger partial charge on any atom is 0.294 e. The molecule has 0 unspecified atom stereocenters. The SMILES string of the molecule is COc1ccc(N2C(=O)S[C@](c3ccccc3)([C@H](C[N+](=O)[O-])c3cccc(C)c3)C2=O)cc1. The summed E-state index contributed by atoms with van der Waals surface area (Å²) in [5.41, 5.74) is 2.50. The molecule has 0 aromatic heterocycles. The fraction of sp³-hybridized carbons (Fsp3) is 0.200. The van der Waals surface area contributed by atoms with Crippen molar-refractivity contribution >= 4 is 28.6 Å². The molecule has 1 aliphatic rings. The zero-order valence-electron chi connectivity index (χ0n) is 18.1. The number of carbonyl (C=O) groups excluding carboxylic acids is 2. The van der Waals surface area contributed by atoms with E-state index in [1.807, 2.05) is 25.1 Å². The maximum atomic E-state index is 14.1. The van der Waals surface area contributed by atoms with Crippen LogP contribution in [-0.4, -0.2) is 29.7 Å². The van der Waals surface area contributed by atoms with Crippen LogP contribution in [0.3, 0.4) is 0 Å². The Morgan fingerprint density at radius 2 is 1.73 bits per heavy atom. The molecule has 0 aliphatic carbocycles. The average Bonchev–Trinajstić information content (AvgIpc) is 3.08. The first-order chi connectivity index (χ1) is 15.9. The molecule has 0 spiro atoms. The van der Waals surface area contributed by atoms with Crippen LogP contribution in [0.4, 0.5) is 10.5 Å². The highest BCUT2D eigenvalue weighted by molar-refractivity contribution is 8.16. The molecule has 33 heavy (non-hydrogen) atoms. The van der Waals surface area contributed by atoms with E-state index in [0.717, 1.165) is 22.2 Å². The minimum absolute atomic E-state index is 0.389. The lowest BCUT2D eigenvalue weighted by atomic mass is 9.79. The Kier molecular flexibility index (Phi) is 6.20. The van der Waals surface area contributed by atoms with Gasteiger partial charge in [0.05, 0.1) is 18.7 Å². The molecule has 3 aromatic carbocycles. The molecule has 7 nitrogen and oxygen atoms in total. The molecule has 2 amide bonds. The van der Waals surface area contributed by atoms with E-state index in [-0.39, 0.29) is 0 Å². The number of carbonyl (C=O) groups is 2. The van der Waals surface area contributed by atoms with E-state index in [1.165, 1.54) is 7.11 Å². The summed E-state index contributed by atoms with van der Waals surface area (Å²) in [6.45, 7) is 1.39. The molecule has 0 saturated carbocycles. The molecule has 168 valence electrons. The van der Waals surface area contributed by atoms with E-state index >= 15 is 0 Å². The second-order valence-corrected chi connectivity index (χ2v) is 8.99. The number of amides is 2. The highest BCUT2D eigenvalue weighted by Crippen LogP contribution is 2.55. The van der Waals surface area contributed by atoms with Gasteiger partial charge in [-0.25, -0.2) is 4.90 Å². The Hall–Kier alpha value is -3.65. The van der Waals surface area contributed by atoms with Crippen LogP contribution in [0.2, 0.25) is 0 Å². The summed E-state index contributed by atoms with van der Waals surface area (Å²) < 4.78 is 3.69. The number of rotatable bonds is 7. The van der Waals surface area contributed by atoms with Crippen LogP contribution < -0.4 is 9.64 Å². The molecular formula is C25H22N2O5S. The van der Waals surface area contributed by atoms with Gasteiger partial charge in [0.1, 0.15) is 10.5 Å². The molecule has 8 heteroatoms. The standard InChI is InChI=1S/C25H22N2O5S/c1-17-7-6-8-18(15-17)22(16-26(30)31)25(19-9-4-3-5-10-19)23(28)27(24(29)33-25)20-11-13-21(32-2)14-12-20/h3-15,22H,16H2,1-2H3/t22-,25-/m1/s1. The monoisotopic (exact) mass is 462 g/mol. The molecule has 1 heterocycles. The summed E-state index contributed by atoms with van der Waals surface area (Å²) in [6, 6.07) is 22.7. The molecule has 0 N–H and O–H groups in total. The summed E-state index contributed by atoms with van der Waals surface area (Å²) in [5.74, 6) is -0.771. The van der Waals surface area contributed by atoms with Gasteiger partial charge in [0.15, 0.2) is 0 Å². The van der Waals surface area contributed by atoms with Crippen molar-refractivity contribution in [1.29, 1.82) is 0 Å². The lowest BCUT2D eigenvalue weighted by Crippen LogP contribution is -2.44.